The highest BCUT2D eigenvalue weighted by molar-refractivity contribution is 7.99. The molecule has 0 bridgehead atoms. The van der Waals surface area contributed by atoms with E-state index in [4.69, 9.17) is 18.4 Å². The van der Waals surface area contributed by atoms with Crippen LogP contribution in [-0.2, 0) is 4.79 Å². The number of benzene rings is 1. The first kappa shape index (κ1) is 17.4. The summed E-state index contributed by atoms with van der Waals surface area (Å²) in [5.41, 5.74) is 1.49. The Morgan fingerprint density at radius 3 is 2.89 bits per heavy atom. The smallest absolute Gasteiger partial charge is 0.277 e. The van der Waals surface area contributed by atoms with Gasteiger partial charge in [0.1, 0.15) is 0 Å². The average Bonchev–Trinajstić information content (AvgIpc) is 3.39. The maximum atomic E-state index is 12.0. The molecule has 0 saturated heterocycles. The Morgan fingerprint density at radius 1 is 1.22 bits per heavy atom. The van der Waals surface area contributed by atoms with Crippen molar-refractivity contribution in [2.75, 3.05) is 17.9 Å². The minimum atomic E-state index is -0.255. The lowest BCUT2D eigenvalue weighted by Gasteiger charge is -1.99. The van der Waals surface area contributed by atoms with E-state index in [0.717, 1.165) is 17.5 Å². The number of anilines is 1. The molecule has 0 fully saturated rings. The van der Waals surface area contributed by atoms with Gasteiger partial charge in [0.05, 0.1) is 11.4 Å². The molecule has 3 heterocycles. The fourth-order valence-corrected chi connectivity index (χ4v) is 2.90. The van der Waals surface area contributed by atoms with Crippen molar-refractivity contribution >= 4 is 23.6 Å². The van der Waals surface area contributed by atoms with Crippen LogP contribution in [0.1, 0.15) is 25.5 Å². The van der Waals surface area contributed by atoms with Crippen LogP contribution in [0, 0.1) is 0 Å². The number of hydrogen-bond acceptors (Lipinski definition) is 9. The molecular formula is C17H16N4O5S. The Bertz CT molecular complexity index is 968. The van der Waals surface area contributed by atoms with Crippen LogP contribution >= 0.6 is 11.8 Å². The first-order chi connectivity index (χ1) is 13.1. The van der Waals surface area contributed by atoms with Gasteiger partial charge in [-0.15, -0.1) is 10.2 Å². The number of nitrogens with one attached hydrogen (secondary N) is 1. The third-order valence-electron chi connectivity index (χ3n) is 3.74. The van der Waals surface area contributed by atoms with Crippen LogP contribution in [0.15, 0.2) is 38.4 Å². The zero-order valence-electron chi connectivity index (χ0n) is 14.6. The monoisotopic (exact) mass is 388 g/mol. The molecule has 1 N–H and O–H groups in total. The summed E-state index contributed by atoms with van der Waals surface area (Å²) in [5, 5.41) is 14.8. The quantitative estimate of drug-likeness (QED) is 0.635. The van der Waals surface area contributed by atoms with Crippen LogP contribution in [0.25, 0.3) is 11.5 Å². The first-order valence-electron chi connectivity index (χ1n) is 8.21. The Balaban J connectivity index is 1.34. The molecule has 0 aliphatic carbocycles. The van der Waals surface area contributed by atoms with Crippen molar-refractivity contribution in [3.05, 3.63) is 30.0 Å². The molecule has 10 heteroatoms. The Morgan fingerprint density at radius 2 is 2.07 bits per heavy atom. The molecule has 9 nitrogen and oxygen atoms in total. The van der Waals surface area contributed by atoms with Crippen LogP contribution in [0.2, 0.25) is 0 Å². The van der Waals surface area contributed by atoms with Gasteiger partial charge in [0.2, 0.25) is 24.5 Å². The Kier molecular flexibility index (Phi) is 4.71. The predicted octanol–water partition coefficient (Wildman–Crippen LogP) is 3.31. The second-order valence-electron chi connectivity index (χ2n) is 6.05. The number of rotatable bonds is 6. The predicted molar refractivity (Wildman–Crippen MR) is 95.8 cm³/mol. The fourth-order valence-electron chi connectivity index (χ4n) is 2.33. The van der Waals surface area contributed by atoms with Gasteiger partial charge in [-0.05, 0) is 24.1 Å². The molecule has 1 aromatic carbocycles. The SMILES string of the molecule is CC(C)c1cc(NC(=O)CSc2nnc(-c3ccc4c(c3)OCO4)o2)on1. The molecule has 3 aromatic rings. The molecule has 0 atom stereocenters. The van der Waals surface area contributed by atoms with Crippen LogP contribution < -0.4 is 14.8 Å². The minimum absolute atomic E-state index is 0.0977. The molecular weight excluding hydrogens is 372 g/mol. The van der Waals surface area contributed by atoms with Gasteiger partial charge in [0.25, 0.3) is 5.22 Å². The van der Waals surface area contributed by atoms with Gasteiger partial charge < -0.3 is 18.4 Å². The number of hydrogen-bond donors (Lipinski definition) is 1. The van der Waals surface area contributed by atoms with Crippen molar-refractivity contribution < 1.29 is 23.2 Å². The maximum Gasteiger partial charge on any atom is 0.277 e. The second kappa shape index (κ2) is 7.31. The second-order valence-corrected chi connectivity index (χ2v) is 6.98. The van der Waals surface area contributed by atoms with Gasteiger partial charge in [-0.3, -0.25) is 10.1 Å². The van der Waals surface area contributed by atoms with E-state index < -0.39 is 0 Å². The number of ether oxygens (including phenoxy) is 2. The number of carbonyl (C=O) groups excluding carboxylic acids is 1. The van der Waals surface area contributed by atoms with E-state index in [9.17, 15) is 4.79 Å². The number of amides is 1. The highest BCUT2D eigenvalue weighted by Crippen LogP contribution is 2.36. The van der Waals surface area contributed by atoms with Crippen LogP contribution in [0.3, 0.4) is 0 Å². The number of carbonyl (C=O) groups is 1. The van der Waals surface area contributed by atoms with Gasteiger partial charge in [-0.25, -0.2) is 0 Å². The van der Waals surface area contributed by atoms with Crippen LogP contribution in [0.5, 0.6) is 11.5 Å². The molecule has 1 amide bonds. The highest BCUT2D eigenvalue weighted by Gasteiger charge is 2.17. The van der Waals surface area contributed by atoms with Crippen molar-refractivity contribution in [1.29, 1.82) is 0 Å². The van der Waals surface area contributed by atoms with E-state index in [0.29, 0.717) is 34.1 Å². The molecule has 140 valence electrons. The lowest BCUT2D eigenvalue weighted by atomic mass is 10.1. The molecule has 2 aromatic heterocycles. The number of thioether (sulfide) groups is 1. The molecule has 0 spiro atoms. The molecule has 4 rings (SSSR count). The maximum absolute atomic E-state index is 12.0. The summed E-state index contributed by atoms with van der Waals surface area (Å²) in [4.78, 5) is 12.0. The van der Waals surface area contributed by atoms with Crippen molar-refractivity contribution in [2.45, 2.75) is 25.0 Å². The van der Waals surface area contributed by atoms with Crippen LogP contribution in [-0.4, -0.2) is 33.8 Å². The third-order valence-corrected chi connectivity index (χ3v) is 4.55. The lowest BCUT2D eigenvalue weighted by molar-refractivity contribution is -0.113. The van der Waals surface area contributed by atoms with E-state index in [1.165, 1.54) is 0 Å². The van der Waals surface area contributed by atoms with E-state index in [-0.39, 0.29) is 24.4 Å². The average molecular weight is 388 g/mol. The van der Waals surface area contributed by atoms with Gasteiger partial charge in [-0.1, -0.05) is 30.8 Å². The summed E-state index contributed by atoms with van der Waals surface area (Å²) in [6.45, 7) is 4.18. The lowest BCUT2D eigenvalue weighted by Crippen LogP contribution is -2.13. The third kappa shape index (κ3) is 3.90. The summed E-state index contributed by atoms with van der Waals surface area (Å²) in [5.74, 6) is 2.03. The van der Waals surface area contributed by atoms with Crippen molar-refractivity contribution in [3.63, 3.8) is 0 Å². The fraction of sp³-hybridized carbons (Fsp3) is 0.294. The highest BCUT2D eigenvalue weighted by atomic mass is 32.2. The van der Waals surface area contributed by atoms with E-state index in [1.54, 1.807) is 24.3 Å². The van der Waals surface area contributed by atoms with Crippen LogP contribution in [0.4, 0.5) is 5.88 Å². The molecule has 1 aliphatic heterocycles. The first-order valence-corrected chi connectivity index (χ1v) is 9.20. The zero-order valence-corrected chi connectivity index (χ0v) is 15.4. The number of aromatic nitrogens is 3. The summed E-state index contributed by atoms with van der Waals surface area (Å²) in [6.07, 6.45) is 0. The standard InChI is InChI=1S/C17H16N4O5S/c1-9(2)11-6-15(26-21-11)18-14(22)7-27-17-20-19-16(25-17)10-3-4-12-13(5-10)24-8-23-12/h3-6,9H,7-8H2,1-2H3,(H,18,22). The summed E-state index contributed by atoms with van der Waals surface area (Å²) in [6, 6.07) is 7.06. The molecule has 1 aliphatic rings. The minimum Gasteiger partial charge on any atom is -0.454 e. The number of fused-ring (bicyclic) bond motifs is 1. The van der Waals surface area contributed by atoms with Gasteiger partial charge >= 0.3 is 0 Å². The van der Waals surface area contributed by atoms with Crippen molar-refractivity contribution in [3.8, 4) is 23.0 Å². The van der Waals surface area contributed by atoms with Crippen molar-refractivity contribution in [1.82, 2.24) is 15.4 Å². The topological polar surface area (TPSA) is 113 Å². The zero-order chi connectivity index (χ0) is 18.8. The molecule has 27 heavy (non-hydrogen) atoms. The van der Waals surface area contributed by atoms with Crippen molar-refractivity contribution in [2.24, 2.45) is 0 Å². The summed E-state index contributed by atoms with van der Waals surface area (Å²) in [7, 11) is 0. The van der Waals surface area contributed by atoms with Gasteiger partial charge in [0.15, 0.2) is 11.5 Å². The van der Waals surface area contributed by atoms with Gasteiger partial charge in [0, 0.05) is 11.6 Å². The normalized spacial score (nSPS) is 12.6. The van der Waals surface area contributed by atoms with E-state index >= 15 is 0 Å². The molecule has 0 radical (unpaired) electrons. The van der Waals surface area contributed by atoms with Gasteiger partial charge in [-0.2, -0.15) is 0 Å². The Hall–Kier alpha value is -3.01. The summed E-state index contributed by atoms with van der Waals surface area (Å²) >= 11 is 1.13. The molecule has 0 saturated carbocycles. The molecule has 0 unspecified atom stereocenters. The summed E-state index contributed by atoms with van der Waals surface area (Å²) < 4.78 is 21.3. The van der Waals surface area contributed by atoms with E-state index in [1.807, 2.05) is 13.8 Å². The Labute approximate surface area is 158 Å². The number of nitrogens with zero attached hydrogens (tertiary/aromatic N) is 3. The largest absolute Gasteiger partial charge is 0.454 e. The van der Waals surface area contributed by atoms with E-state index in [2.05, 4.69) is 20.7 Å².